The molecule has 6 unspecified atom stereocenters. The molecular weight excluding hydrogens is 1020 g/mol. The zero-order chi connectivity index (χ0) is 58.9. The number of carbonyl (C=O) groups is 4. The fourth-order valence-corrected chi connectivity index (χ4v) is 9.81. The highest BCUT2D eigenvalue weighted by Crippen LogP contribution is 2.27. The van der Waals surface area contributed by atoms with Crippen LogP contribution in [0.5, 0.6) is 0 Å². The Labute approximate surface area is 493 Å². The van der Waals surface area contributed by atoms with E-state index in [2.05, 4.69) is 93.7 Å². The van der Waals surface area contributed by atoms with Gasteiger partial charge >= 0.3 is 23.9 Å². The number of hydrogen-bond donors (Lipinski definition) is 3. The van der Waals surface area contributed by atoms with Crippen LogP contribution in [0.25, 0.3) is 0 Å². The molecule has 1 heterocycles. The first-order chi connectivity index (χ1) is 39.6. The lowest BCUT2D eigenvalue weighted by Crippen LogP contribution is -2.61. The molecule has 0 saturated carbocycles. The summed E-state index contributed by atoms with van der Waals surface area (Å²) in [6, 6.07) is 0. The van der Waals surface area contributed by atoms with Crippen molar-refractivity contribution < 1.29 is 58.2 Å². The molecule has 0 aliphatic carbocycles. The van der Waals surface area contributed by atoms with E-state index in [1.807, 2.05) is 0 Å². The summed E-state index contributed by atoms with van der Waals surface area (Å²) in [5.41, 5.74) is 0. The summed E-state index contributed by atoms with van der Waals surface area (Å²) < 4.78 is 28.5. The van der Waals surface area contributed by atoms with Crippen LogP contribution in [0.1, 0.15) is 290 Å². The third-order valence-corrected chi connectivity index (χ3v) is 14.8. The van der Waals surface area contributed by atoms with Gasteiger partial charge in [-0.05, 0) is 83.5 Å². The van der Waals surface area contributed by atoms with E-state index in [9.17, 15) is 34.5 Å². The third kappa shape index (κ3) is 46.3. The van der Waals surface area contributed by atoms with Gasteiger partial charge in [-0.15, -0.1) is 0 Å². The fraction of sp³-hybridized carbons (Fsp3) is 0.768. The smallest absolute Gasteiger partial charge is 0.335 e. The Kier molecular flexibility index (Phi) is 52.6. The van der Waals surface area contributed by atoms with Crippen LogP contribution in [0.3, 0.4) is 0 Å². The van der Waals surface area contributed by atoms with Crippen LogP contribution in [0.4, 0.5) is 0 Å². The lowest BCUT2D eigenvalue weighted by atomic mass is 9.98. The number of hydrogen-bond acceptors (Lipinski definition) is 11. The molecule has 0 radical (unpaired) electrons. The van der Waals surface area contributed by atoms with Crippen molar-refractivity contribution in [2.45, 2.75) is 327 Å². The van der Waals surface area contributed by atoms with Crippen molar-refractivity contribution in [1.29, 1.82) is 0 Å². The number of unbranched alkanes of at least 4 members (excludes halogenated alkanes) is 30. The maximum atomic E-state index is 13.2. The Morgan fingerprint density at radius 2 is 0.778 bits per heavy atom. The molecule has 0 aromatic rings. The van der Waals surface area contributed by atoms with Gasteiger partial charge in [-0.2, -0.15) is 0 Å². The summed E-state index contributed by atoms with van der Waals surface area (Å²) in [5.74, 6) is -3.14. The summed E-state index contributed by atoms with van der Waals surface area (Å²) in [7, 11) is 0. The van der Waals surface area contributed by atoms with Gasteiger partial charge in [-0.3, -0.25) is 14.4 Å². The predicted molar refractivity (Wildman–Crippen MR) is 331 cm³/mol. The van der Waals surface area contributed by atoms with E-state index in [1.54, 1.807) is 0 Å². The quantitative estimate of drug-likeness (QED) is 0.0228. The highest BCUT2D eigenvalue weighted by molar-refractivity contribution is 5.74. The molecule has 6 atom stereocenters. The first-order valence-electron chi connectivity index (χ1n) is 32.9. The zero-order valence-corrected chi connectivity index (χ0v) is 51.5. The second-order valence-corrected chi connectivity index (χ2v) is 22.3. The lowest BCUT2D eigenvalue weighted by Gasteiger charge is -2.40. The average Bonchev–Trinajstić information content (AvgIpc) is 3.53. The molecule has 0 aromatic heterocycles. The van der Waals surface area contributed by atoms with E-state index >= 15 is 0 Å². The van der Waals surface area contributed by atoms with Gasteiger partial charge in [0, 0.05) is 19.3 Å². The summed E-state index contributed by atoms with van der Waals surface area (Å²) in [6.45, 7) is 5.80. The molecule has 0 bridgehead atoms. The van der Waals surface area contributed by atoms with Gasteiger partial charge in [0.2, 0.25) is 0 Å². The van der Waals surface area contributed by atoms with E-state index in [-0.39, 0.29) is 25.9 Å². The molecule has 0 aromatic carbocycles. The Balaban J connectivity index is 2.65. The number of aliphatic carboxylic acids is 1. The minimum absolute atomic E-state index is 0.0463. The normalized spacial score (nSPS) is 18.2. The first-order valence-corrected chi connectivity index (χ1v) is 32.9. The summed E-state index contributed by atoms with van der Waals surface area (Å²) >= 11 is 0. The standard InChI is InChI=1S/C69H118O12/c1-4-7-10-13-16-19-22-25-28-30-31-33-35-37-40-43-46-49-52-55-61(70)77-58-60(79-62(71)56-53-50-47-44-41-38-34-27-24-21-18-15-12-9-6-3)59-78-69-67(65(74)64(73)66(81-69)68(75)76)80-63(72)57-54-51-48-45-42-39-36-32-29-26-23-20-17-14-11-8-5-2/h8-9,11-12,17-18,20-21,26-27,29,34,60,64-67,69,73-74H,4-7,10,13-16,19,22-25,28,30-33,35-59H2,1-3H3,(H,75,76)/b11-8-,12-9-,20-17-,21-18-,29-26-,34-27-. The molecule has 0 spiro atoms. The minimum Gasteiger partial charge on any atom is -0.479 e. The van der Waals surface area contributed by atoms with Crippen LogP contribution in [0.2, 0.25) is 0 Å². The van der Waals surface area contributed by atoms with Crippen LogP contribution in [-0.4, -0.2) is 89.2 Å². The third-order valence-electron chi connectivity index (χ3n) is 14.8. The topological polar surface area (TPSA) is 175 Å². The lowest BCUT2D eigenvalue weighted by molar-refractivity contribution is -0.301. The van der Waals surface area contributed by atoms with Crippen molar-refractivity contribution in [2.24, 2.45) is 0 Å². The molecule has 466 valence electrons. The maximum Gasteiger partial charge on any atom is 0.335 e. The Hall–Kier alpha value is -3.84. The van der Waals surface area contributed by atoms with E-state index in [0.29, 0.717) is 19.3 Å². The molecule has 1 aliphatic rings. The number of esters is 3. The highest BCUT2D eigenvalue weighted by atomic mass is 16.7. The molecule has 3 N–H and O–H groups in total. The average molecular weight is 1140 g/mol. The molecule has 1 rings (SSSR count). The number of carboxylic acid groups (broad SMARTS) is 1. The van der Waals surface area contributed by atoms with Crippen LogP contribution in [-0.2, 0) is 42.9 Å². The van der Waals surface area contributed by atoms with Crippen LogP contribution < -0.4 is 0 Å². The van der Waals surface area contributed by atoms with Crippen LogP contribution >= 0.6 is 0 Å². The molecule has 1 fully saturated rings. The Bertz CT molecular complexity index is 1680. The van der Waals surface area contributed by atoms with Crippen LogP contribution in [0.15, 0.2) is 72.9 Å². The minimum atomic E-state index is -1.91. The van der Waals surface area contributed by atoms with Gasteiger partial charge in [0.05, 0.1) is 6.61 Å². The summed E-state index contributed by atoms with van der Waals surface area (Å²) in [6.07, 6.45) is 60.0. The summed E-state index contributed by atoms with van der Waals surface area (Å²) in [4.78, 5) is 51.3. The highest BCUT2D eigenvalue weighted by Gasteiger charge is 2.50. The number of aliphatic hydroxyl groups excluding tert-OH is 2. The SMILES string of the molecule is CC/C=C\C/C=C\C/C=C\CCCCCCCCCC(=O)OC1C(OCC(COC(=O)CCCCCCCCCCCCCCCCCCCCC)OC(=O)CCCCCCC/C=C\C/C=C\C/C=C\CC)OC(C(=O)O)C(O)C1O. The largest absolute Gasteiger partial charge is 0.479 e. The van der Waals surface area contributed by atoms with E-state index in [0.717, 1.165) is 135 Å². The van der Waals surface area contributed by atoms with Gasteiger partial charge in [0.1, 0.15) is 18.8 Å². The first kappa shape index (κ1) is 75.2. The van der Waals surface area contributed by atoms with Gasteiger partial charge < -0.3 is 39.0 Å². The van der Waals surface area contributed by atoms with Crippen molar-refractivity contribution in [1.82, 2.24) is 0 Å². The maximum absolute atomic E-state index is 13.2. The molecule has 1 aliphatic heterocycles. The predicted octanol–water partition coefficient (Wildman–Crippen LogP) is 17.7. The Morgan fingerprint density at radius 3 is 1.19 bits per heavy atom. The van der Waals surface area contributed by atoms with Gasteiger partial charge in [-0.1, -0.05) is 261 Å². The van der Waals surface area contributed by atoms with E-state index < -0.39 is 67.3 Å². The number of ether oxygens (including phenoxy) is 5. The monoisotopic (exact) mass is 1140 g/mol. The van der Waals surface area contributed by atoms with Crippen molar-refractivity contribution in [3.05, 3.63) is 72.9 Å². The number of carbonyl (C=O) groups excluding carboxylic acids is 3. The summed E-state index contributed by atoms with van der Waals surface area (Å²) in [5, 5.41) is 31.6. The zero-order valence-electron chi connectivity index (χ0n) is 51.5. The fourth-order valence-electron chi connectivity index (χ4n) is 9.81. The number of aliphatic hydroxyl groups is 2. The molecule has 81 heavy (non-hydrogen) atoms. The molecule has 0 amide bonds. The van der Waals surface area contributed by atoms with E-state index in [1.165, 1.54) is 96.3 Å². The van der Waals surface area contributed by atoms with Crippen molar-refractivity contribution >= 4 is 23.9 Å². The molecule has 1 saturated heterocycles. The van der Waals surface area contributed by atoms with Gasteiger partial charge in [0.25, 0.3) is 0 Å². The van der Waals surface area contributed by atoms with Crippen molar-refractivity contribution in [3.8, 4) is 0 Å². The second-order valence-electron chi connectivity index (χ2n) is 22.3. The van der Waals surface area contributed by atoms with Crippen molar-refractivity contribution in [3.63, 3.8) is 0 Å². The second kappa shape index (κ2) is 56.6. The molecular formula is C69H118O12. The van der Waals surface area contributed by atoms with Gasteiger partial charge in [0.15, 0.2) is 24.6 Å². The number of rotatable bonds is 56. The van der Waals surface area contributed by atoms with Crippen LogP contribution in [0, 0.1) is 0 Å². The van der Waals surface area contributed by atoms with Crippen molar-refractivity contribution in [2.75, 3.05) is 13.2 Å². The molecule has 12 nitrogen and oxygen atoms in total. The van der Waals surface area contributed by atoms with Gasteiger partial charge in [-0.25, -0.2) is 4.79 Å². The van der Waals surface area contributed by atoms with E-state index in [4.69, 9.17) is 23.7 Å². The number of carboxylic acids is 1. The number of allylic oxidation sites excluding steroid dienone is 12. The Morgan fingerprint density at radius 1 is 0.420 bits per heavy atom. The molecule has 12 heteroatoms.